The van der Waals surface area contributed by atoms with Crippen molar-refractivity contribution in [2.24, 2.45) is 0 Å². The molecule has 1 aromatic heterocycles. The fourth-order valence-corrected chi connectivity index (χ4v) is 1.56. The van der Waals surface area contributed by atoms with E-state index in [1.54, 1.807) is 0 Å². The predicted molar refractivity (Wildman–Crippen MR) is 60.1 cm³/mol. The summed E-state index contributed by atoms with van der Waals surface area (Å²) in [5, 5.41) is 1.20. The molecule has 0 bridgehead atoms. The van der Waals surface area contributed by atoms with Crippen LogP contribution in [0.25, 0.3) is 10.9 Å². The first-order valence-corrected chi connectivity index (χ1v) is 4.95. The molecule has 0 saturated carbocycles. The highest BCUT2D eigenvalue weighted by Gasteiger charge is 2.03. The zero-order valence-corrected chi connectivity index (χ0v) is 8.40. The Morgan fingerprint density at radius 3 is 3.00 bits per heavy atom. The summed E-state index contributed by atoms with van der Waals surface area (Å²) in [6, 6.07) is 10.5. The fraction of sp³-hybridized carbons (Fsp3) is 0.231. The summed E-state index contributed by atoms with van der Waals surface area (Å²) in [5.74, 6) is 0.515. The van der Waals surface area contributed by atoms with Gasteiger partial charge in [0.05, 0.1) is 5.52 Å². The van der Waals surface area contributed by atoms with Crippen molar-refractivity contribution in [1.82, 2.24) is 4.98 Å². The Bertz CT molecular complexity index is 434. The molecule has 0 spiro atoms. The first kappa shape index (κ1) is 9.20. The second-order valence-electron chi connectivity index (χ2n) is 3.65. The van der Waals surface area contributed by atoms with Crippen molar-refractivity contribution in [2.75, 3.05) is 0 Å². The second-order valence-corrected chi connectivity index (χ2v) is 3.65. The Morgan fingerprint density at radius 2 is 2.21 bits per heavy atom. The van der Waals surface area contributed by atoms with E-state index in [2.05, 4.69) is 43.1 Å². The largest absolute Gasteiger partial charge is 0.256 e. The molecule has 1 aromatic carbocycles. The Kier molecular flexibility index (Phi) is 2.49. The molecule has 0 aliphatic heterocycles. The standard InChI is InChI=1S/C13H14N/c1-3-10(2)12-7-6-11-5-4-8-14-13(11)9-12/h4-10H,1,3H2,2H3. The average molecular weight is 184 g/mol. The molecule has 1 unspecified atom stereocenters. The van der Waals surface area contributed by atoms with E-state index in [1.165, 1.54) is 10.9 Å². The highest BCUT2D eigenvalue weighted by molar-refractivity contribution is 5.78. The minimum Gasteiger partial charge on any atom is -0.256 e. The lowest BCUT2D eigenvalue weighted by atomic mass is 9.97. The molecular formula is C13H14N. The summed E-state index contributed by atoms with van der Waals surface area (Å²) in [5.41, 5.74) is 2.40. The van der Waals surface area contributed by atoms with Crippen molar-refractivity contribution in [1.29, 1.82) is 0 Å². The van der Waals surface area contributed by atoms with Gasteiger partial charge in [-0.25, -0.2) is 0 Å². The maximum Gasteiger partial charge on any atom is 0.0704 e. The van der Waals surface area contributed by atoms with Crippen LogP contribution >= 0.6 is 0 Å². The van der Waals surface area contributed by atoms with Crippen LogP contribution in [0, 0.1) is 6.92 Å². The quantitative estimate of drug-likeness (QED) is 0.695. The van der Waals surface area contributed by atoms with Crippen molar-refractivity contribution < 1.29 is 0 Å². The van der Waals surface area contributed by atoms with Gasteiger partial charge in [-0.05, 0) is 30.0 Å². The molecule has 71 valence electrons. The molecular weight excluding hydrogens is 170 g/mol. The number of pyridine rings is 1. The molecule has 1 radical (unpaired) electrons. The number of hydrogen-bond acceptors (Lipinski definition) is 1. The van der Waals surface area contributed by atoms with Crippen LogP contribution in [0.5, 0.6) is 0 Å². The summed E-state index contributed by atoms with van der Waals surface area (Å²) in [6.07, 6.45) is 2.76. The topological polar surface area (TPSA) is 12.9 Å². The van der Waals surface area contributed by atoms with Gasteiger partial charge in [-0.3, -0.25) is 4.98 Å². The molecule has 1 heteroatoms. The van der Waals surface area contributed by atoms with Crippen LogP contribution in [-0.2, 0) is 0 Å². The van der Waals surface area contributed by atoms with E-state index in [1.807, 2.05) is 12.3 Å². The Labute approximate surface area is 84.8 Å². The summed E-state index contributed by atoms with van der Waals surface area (Å²) >= 11 is 0. The van der Waals surface area contributed by atoms with E-state index in [9.17, 15) is 0 Å². The first-order valence-electron chi connectivity index (χ1n) is 4.95. The van der Waals surface area contributed by atoms with Crippen molar-refractivity contribution in [2.45, 2.75) is 19.3 Å². The van der Waals surface area contributed by atoms with E-state index in [4.69, 9.17) is 0 Å². The summed E-state index contributed by atoms with van der Waals surface area (Å²) < 4.78 is 0. The molecule has 0 saturated heterocycles. The second kappa shape index (κ2) is 3.79. The Morgan fingerprint density at radius 1 is 1.36 bits per heavy atom. The van der Waals surface area contributed by atoms with Gasteiger partial charge in [-0.1, -0.05) is 32.0 Å². The first-order chi connectivity index (χ1) is 6.81. The van der Waals surface area contributed by atoms with Crippen LogP contribution in [0.3, 0.4) is 0 Å². The molecule has 0 amide bonds. The molecule has 1 heterocycles. The van der Waals surface area contributed by atoms with Gasteiger partial charge in [0.2, 0.25) is 0 Å². The summed E-state index contributed by atoms with van der Waals surface area (Å²) in [4.78, 5) is 4.34. The van der Waals surface area contributed by atoms with Crippen LogP contribution in [-0.4, -0.2) is 4.98 Å². The zero-order valence-electron chi connectivity index (χ0n) is 8.40. The predicted octanol–water partition coefficient (Wildman–Crippen LogP) is 3.56. The van der Waals surface area contributed by atoms with E-state index in [0.29, 0.717) is 5.92 Å². The van der Waals surface area contributed by atoms with Gasteiger partial charge < -0.3 is 0 Å². The molecule has 14 heavy (non-hydrogen) atoms. The monoisotopic (exact) mass is 184 g/mol. The van der Waals surface area contributed by atoms with Crippen LogP contribution < -0.4 is 0 Å². The van der Waals surface area contributed by atoms with Crippen molar-refractivity contribution >= 4 is 10.9 Å². The lowest BCUT2D eigenvalue weighted by Gasteiger charge is -2.09. The zero-order chi connectivity index (χ0) is 9.97. The molecule has 0 aliphatic carbocycles. The molecule has 2 rings (SSSR count). The minimum absolute atomic E-state index is 0.515. The number of aromatic nitrogens is 1. The van der Waals surface area contributed by atoms with Gasteiger partial charge >= 0.3 is 0 Å². The smallest absolute Gasteiger partial charge is 0.0704 e. The molecule has 2 aromatic rings. The summed E-state index contributed by atoms with van der Waals surface area (Å²) in [7, 11) is 0. The van der Waals surface area contributed by atoms with Crippen LogP contribution in [0.2, 0.25) is 0 Å². The van der Waals surface area contributed by atoms with Gasteiger partial charge in [0.25, 0.3) is 0 Å². The van der Waals surface area contributed by atoms with Crippen LogP contribution in [0.15, 0.2) is 36.5 Å². The molecule has 0 fully saturated rings. The maximum atomic E-state index is 4.34. The van der Waals surface area contributed by atoms with Gasteiger partial charge in [0.1, 0.15) is 0 Å². The molecule has 1 atom stereocenters. The number of rotatable bonds is 2. The average Bonchev–Trinajstić information content (AvgIpc) is 2.27. The van der Waals surface area contributed by atoms with Crippen LogP contribution in [0.4, 0.5) is 0 Å². The number of hydrogen-bond donors (Lipinski definition) is 0. The van der Waals surface area contributed by atoms with Gasteiger partial charge in [-0.2, -0.15) is 0 Å². The van der Waals surface area contributed by atoms with Gasteiger partial charge in [0.15, 0.2) is 0 Å². The summed E-state index contributed by atoms with van der Waals surface area (Å²) in [6.45, 7) is 6.11. The van der Waals surface area contributed by atoms with Crippen molar-refractivity contribution in [3.05, 3.63) is 49.0 Å². The maximum absolute atomic E-state index is 4.34. The van der Waals surface area contributed by atoms with E-state index < -0.39 is 0 Å². The third-order valence-corrected chi connectivity index (χ3v) is 2.63. The van der Waals surface area contributed by atoms with Gasteiger partial charge in [-0.15, -0.1) is 0 Å². The van der Waals surface area contributed by atoms with E-state index in [0.717, 1.165) is 11.9 Å². The third kappa shape index (κ3) is 1.63. The highest BCUT2D eigenvalue weighted by Crippen LogP contribution is 2.21. The fourth-order valence-electron chi connectivity index (χ4n) is 1.56. The molecule has 0 N–H and O–H groups in total. The molecule has 0 aliphatic rings. The lowest BCUT2D eigenvalue weighted by molar-refractivity contribution is 0.779. The minimum atomic E-state index is 0.515. The van der Waals surface area contributed by atoms with E-state index >= 15 is 0 Å². The number of nitrogens with zero attached hydrogens (tertiary/aromatic N) is 1. The van der Waals surface area contributed by atoms with Crippen LogP contribution in [0.1, 0.15) is 24.8 Å². The normalized spacial score (nSPS) is 13.0. The van der Waals surface area contributed by atoms with E-state index in [-0.39, 0.29) is 0 Å². The van der Waals surface area contributed by atoms with Crippen molar-refractivity contribution in [3.8, 4) is 0 Å². The number of benzene rings is 1. The SMILES string of the molecule is [CH2]CC(C)c1ccc2cccnc2c1. The molecule has 1 nitrogen and oxygen atoms in total. The number of fused-ring (bicyclic) bond motifs is 1. The Balaban J connectivity index is 2.51. The lowest BCUT2D eigenvalue weighted by Crippen LogP contribution is -1.91. The van der Waals surface area contributed by atoms with Crippen molar-refractivity contribution in [3.63, 3.8) is 0 Å². The third-order valence-electron chi connectivity index (χ3n) is 2.63. The highest BCUT2D eigenvalue weighted by atomic mass is 14.6. The van der Waals surface area contributed by atoms with Gasteiger partial charge in [0, 0.05) is 11.6 Å². The Hall–Kier alpha value is -1.37.